The van der Waals surface area contributed by atoms with Crippen molar-refractivity contribution in [3.63, 3.8) is 0 Å². The van der Waals surface area contributed by atoms with Crippen LogP contribution in [-0.2, 0) is 6.18 Å². The van der Waals surface area contributed by atoms with E-state index in [-0.39, 0.29) is 61.5 Å². The summed E-state index contributed by atoms with van der Waals surface area (Å²) in [5.41, 5.74) is -6.35. The van der Waals surface area contributed by atoms with Crippen molar-refractivity contribution in [2.75, 3.05) is 37.7 Å². The average molecular weight is 670 g/mol. The van der Waals surface area contributed by atoms with Crippen LogP contribution in [0, 0.1) is 18.6 Å². The van der Waals surface area contributed by atoms with E-state index in [1.807, 2.05) is 9.80 Å². The number of piperazine rings is 1. The largest absolute Gasteiger partial charge is 0.487 e. The lowest BCUT2D eigenvalue weighted by atomic mass is 9.91. The van der Waals surface area contributed by atoms with Crippen LogP contribution < -0.4 is 19.7 Å². The predicted octanol–water partition coefficient (Wildman–Crippen LogP) is 6.50. The van der Waals surface area contributed by atoms with Crippen molar-refractivity contribution in [2.45, 2.75) is 81.5 Å². The standard InChI is InChI=1S/C32H31F8N5O2/c1-14-7-15(28(36)37)8-18(23(14)32(38,39)40)21-24(34)26-22-27(25(21)35)46-12-20-19-4-3-17(41-19)11-45(20)29(22)43-30(42-26)47-13-31-5-2-6-44(31)10-16(33)9-31/h7-8,16-17,19-20,28,41H,2-6,9-13H2,1H3/t16-,17-,19+,20-,31+/m1/s1. The first kappa shape index (κ1) is 30.8. The molecule has 0 saturated carbocycles. The summed E-state index contributed by atoms with van der Waals surface area (Å²) < 4.78 is 131. The molecule has 15 heteroatoms. The minimum atomic E-state index is -5.14. The van der Waals surface area contributed by atoms with Crippen molar-refractivity contribution in [1.82, 2.24) is 20.2 Å². The first-order valence-electron chi connectivity index (χ1n) is 15.7. The molecule has 5 atom stereocenters. The number of rotatable bonds is 5. The van der Waals surface area contributed by atoms with Gasteiger partial charge >= 0.3 is 12.2 Å². The van der Waals surface area contributed by atoms with E-state index in [9.17, 15) is 26.3 Å². The summed E-state index contributed by atoms with van der Waals surface area (Å²) in [5, 5.41) is 3.31. The average Bonchev–Trinajstić information content (AvgIpc) is 3.63. The van der Waals surface area contributed by atoms with E-state index in [1.54, 1.807) is 0 Å². The molecule has 0 aliphatic carbocycles. The first-order valence-corrected chi connectivity index (χ1v) is 15.7. The number of nitrogens with zero attached hydrogens (tertiary/aromatic N) is 4. The molecule has 0 spiro atoms. The van der Waals surface area contributed by atoms with E-state index in [0.717, 1.165) is 26.2 Å². The van der Waals surface area contributed by atoms with Crippen LogP contribution >= 0.6 is 0 Å². The van der Waals surface area contributed by atoms with Crippen molar-refractivity contribution >= 4 is 16.7 Å². The molecule has 1 aromatic heterocycles. The maximum atomic E-state index is 16.8. The minimum absolute atomic E-state index is 0.0124. The van der Waals surface area contributed by atoms with Crippen LogP contribution in [0.2, 0.25) is 0 Å². The lowest BCUT2D eigenvalue weighted by molar-refractivity contribution is -0.137. The molecule has 47 heavy (non-hydrogen) atoms. The molecular formula is C32H31F8N5O2. The van der Waals surface area contributed by atoms with Gasteiger partial charge in [-0.05, 0) is 56.8 Å². The summed E-state index contributed by atoms with van der Waals surface area (Å²) in [7, 11) is 0. The highest BCUT2D eigenvalue weighted by atomic mass is 19.4. The van der Waals surface area contributed by atoms with Crippen LogP contribution in [0.4, 0.5) is 40.9 Å². The molecule has 0 unspecified atom stereocenters. The number of halogens is 8. The lowest BCUT2D eigenvalue weighted by Crippen LogP contribution is -2.60. The molecule has 3 aromatic rings. The molecule has 2 bridgehead atoms. The van der Waals surface area contributed by atoms with Crippen molar-refractivity contribution in [1.29, 1.82) is 0 Å². The molecule has 6 heterocycles. The highest BCUT2D eigenvalue weighted by Crippen LogP contribution is 2.50. The van der Waals surface area contributed by atoms with Gasteiger partial charge < -0.3 is 19.7 Å². The van der Waals surface area contributed by atoms with E-state index in [1.165, 1.54) is 0 Å². The fourth-order valence-electron chi connectivity index (χ4n) is 8.55. The van der Waals surface area contributed by atoms with Crippen LogP contribution in [-0.4, -0.2) is 77.6 Å². The zero-order chi connectivity index (χ0) is 33.0. The van der Waals surface area contributed by atoms with Crippen LogP contribution in [0.15, 0.2) is 12.1 Å². The molecule has 8 rings (SSSR count). The normalized spacial score (nSPS) is 28.5. The van der Waals surface area contributed by atoms with E-state index < -0.39 is 75.0 Å². The molecule has 4 fully saturated rings. The Morgan fingerprint density at radius 1 is 1.13 bits per heavy atom. The maximum absolute atomic E-state index is 16.8. The third kappa shape index (κ3) is 4.81. The van der Waals surface area contributed by atoms with E-state index >= 15 is 8.78 Å². The number of ether oxygens (including phenoxy) is 2. The molecule has 0 amide bonds. The van der Waals surface area contributed by atoms with Gasteiger partial charge in [-0.3, -0.25) is 4.90 Å². The van der Waals surface area contributed by atoms with Gasteiger partial charge in [0.2, 0.25) is 0 Å². The Labute approximate surface area is 264 Å². The maximum Gasteiger partial charge on any atom is 0.417 e. The van der Waals surface area contributed by atoms with Gasteiger partial charge in [0.05, 0.1) is 28.1 Å². The smallest absolute Gasteiger partial charge is 0.417 e. The van der Waals surface area contributed by atoms with Gasteiger partial charge in [-0.2, -0.15) is 23.1 Å². The van der Waals surface area contributed by atoms with E-state index in [2.05, 4.69) is 15.3 Å². The molecular weight excluding hydrogens is 638 g/mol. The SMILES string of the molecule is Cc1cc(C(F)F)cc(-c2c(F)c3c4c(nc(OC[C@@]56CCCN5C[C@H](F)C6)nc4c2F)N2C[C@H]4CC[C@H](N4)[C@H]2CO3)c1C(F)(F)F. The molecule has 5 aliphatic rings. The van der Waals surface area contributed by atoms with Crippen LogP contribution in [0.25, 0.3) is 22.0 Å². The number of aromatic nitrogens is 2. The van der Waals surface area contributed by atoms with Gasteiger partial charge in [0.25, 0.3) is 6.43 Å². The summed E-state index contributed by atoms with van der Waals surface area (Å²) in [5.74, 6) is -3.41. The predicted molar refractivity (Wildman–Crippen MR) is 155 cm³/mol. The quantitative estimate of drug-likeness (QED) is 0.312. The van der Waals surface area contributed by atoms with E-state index in [4.69, 9.17) is 9.47 Å². The van der Waals surface area contributed by atoms with E-state index in [0.29, 0.717) is 31.6 Å². The van der Waals surface area contributed by atoms with Gasteiger partial charge in [0.15, 0.2) is 17.4 Å². The fraction of sp³-hybridized carbons (Fsp3) is 0.562. The number of anilines is 1. The van der Waals surface area contributed by atoms with Crippen LogP contribution in [0.3, 0.4) is 0 Å². The third-order valence-corrected chi connectivity index (χ3v) is 10.6. The Balaban J connectivity index is 1.34. The molecule has 4 saturated heterocycles. The second-order valence-electron chi connectivity index (χ2n) is 13.4. The fourth-order valence-corrected chi connectivity index (χ4v) is 8.55. The Morgan fingerprint density at radius 3 is 2.70 bits per heavy atom. The number of benzene rings is 2. The number of nitrogens with one attached hydrogen (secondary N) is 1. The molecule has 2 aromatic carbocycles. The highest BCUT2D eigenvalue weighted by molar-refractivity contribution is 6.00. The van der Waals surface area contributed by atoms with Gasteiger partial charge in [-0.1, -0.05) is 0 Å². The topological polar surface area (TPSA) is 62.8 Å². The van der Waals surface area contributed by atoms with Gasteiger partial charge in [-0.25, -0.2) is 22.0 Å². The van der Waals surface area contributed by atoms with Gasteiger partial charge in [0.1, 0.15) is 30.7 Å². The number of fused-ring (bicyclic) bond motifs is 6. The Morgan fingerprint density at radius 2 is 1.94 bits per heavy atom. The Kier molecular flexibility index (Phi) is 7.07. The monoisotopic (exact) mass is 669 g/mol. The second-order valence-corrected chi connectivity index (χ2v) is 13.4. The Bertz CT molecular complexity index is 1770. The lowest BCUT2D eigenvalue weighted by Gasteiger charge is -2.40. The zero-order valence-corrected chi connectivity index (χ0v) is 25.2. The molecule has 5 aliphatic heterocycles. The zero-order valence-electron chi connectivity index (χ0n) is 25.2. The highest BCUT2D eigenvalue weighted by Gasteiger charge is 2.50. The molecule has 1 N–H and O–H groups in total. The summed E-state index contributed by atoms with van der Waals surface area (Å²) >= 11 is 0. The number of aryl methyl sites for hydroxylation is 1. The second kappa shape index (κ2) is 10.8. The van der Waals surface area contributed by atoms with Gasteiger partial charge in [-0.15, -0.1) is 0 Å². The molecule has 252 valence electrons. The van der Waals surface area contributed by atoms with Crippen LogP contribution in [0.5, 0.6) is 11.8 Å². The summed E-state index contributed by atoms with van der Waals surface area (Å²) in [6.45, 7) is 2.21. The van der Waals surface area contributed by atoms with Crippen molar-refractivity contribution < 1.29 is 44.6 Å². The molecule has 7 nitrogen and oxygen atoms in total. The minimum Gasteiger partial charge on any atom is -0.487 e. The van der Waals surface area contributed by atoms with Gasteiger partial charge in [0, 0.05) is 42.7 Å². The summed E-state index contributed by atoms with van der Waals surface area (Å²) in [6.07, 6.45) is -6.02. The number of hydrogen-bond donors (Lipinski definition) is 1. The third-order valence-electron chi connectivity index (χ3n) is 10.6. The first-order chi connectivity index (χ1) is 22.3. The number of hydrogen-bond acceptors (Lipinski definition) is 7. The van der Waals surface area contributed by atoms with Crippen molar-refractivity contribution in [3.05, 3.63) is 40.5 Å². The van der Waals surface area contributed by atoms with Crippen LogP contribution in [0.1, 0.15) is 55.2 Å². The summed E-state index contributed by atoms with van der Waals surface area (Å²) in [6, 6.07) is 0.393. The Hall–Kier alpha value is -3.46. The number of alkyl halides is 6. The summed E-state index contributed by atoms with van der Waals surface area (Å²) in [4.78, 5) is 12.8. The van der Waals surface area contributed by atoms with Crippen molar-refractivity contribution in [2.24, 2.45) is 0 Å². The van der Waals surface area contributed by atoms with Crippen molar-refractivity contribution in [3.8, 4) is 22.9 Å². The molecule has 0 radical (unpaired) electrons.